The molecule has 1 heterocycles. The number of ether oxygens (including phenoxy) is 1. The summed E-state index contributed by atoms with van der Waals surface area (Å²) in [5, 5.41) is 4.56. The summed E-state index contributed by atoms with van der Waals surface area (Å²) in [6.45, 7) is 4.29. The Balaban J connectivity index is 1.91. The topological polar surface area (TPSA) is 44.1 Å². The Labute approximate surface area is 115 Å². The molecule has 106 valence electrons. The number of rotatable bonds is 6. The Kier molecular flexibility index (Phi) is 5.14. The summed E-state index contributed by atoms with van der Waals surface area (Å²) in [6.07, 6.45) is 8.42. The lowest BCUT2D eigenvalue weighted by molar-refractivity contribution is -0.128. The number of ketones is 1. The molecule has 0 N–H and O–H groups in total. The van der Waals surface area contributed by atoms with Crippen molar-refractivity contribution in [1.29, 1.82) is 0 Å². The van der Waals surface area contributed by atoms with Crippen molar-refractivity contribution in [2.75, 3.05) is 6.61 Å². The van der Waals surface area contributed by atoms with Gasteiger partial charge in [-0.2, -0.15) is 5.10 Å². The van der Waals surface area contributed by atoms with Crippen LogP contribution in [0.25, 0.3) is 0 Å². The van der Waals surface area contributed by atoms with Gasteiger partial charge in [0, 0.05) is 12.8 Å². The Morgan fingerprint density at radius 3 is 2.89 bits per heavy atom. The first kappa shape index (κ1) is 14.3. The zero-order chi connectivity index (χ0) is 13.7. The third-order valence-electron chi connectivity index (χ3n) is 3.84. The van der Waals surface area contributed by atoms with E-state index in [0.717, 1.165) is 5.69 Å². The molecule has 1 aliphatic carbocycles. The maximum atomic E-state index is 11.9. The third kappa shape index (κ3) is 3.90. The van der Waals surface area contributed by atoms with Crippen LogP contribution in [-0.2, 0) is 16.0 Å². The normalized spacial score (nSPS) is 18.4. The van der Waals surface area contributed by atoms with E-state index in [9.17, 15) is 4.79 Å². The van der Waals surface area contributed by atoms with E-state index in [1.165, 1.54) is 32.1 Å². The molecular weight excluding hydrogens is 240 g/mol. The zero-order valence-corrected chi connectivity index (χ0v) is 12.0. The maximum Gasteiger partial charge on any atom is 0.167 e. The summed E-state index contributed by atoms with van der Waals surface area (Å²) in [7, 11) is 0. The van der Waals surface area contributed by atoms with Crippen molar-refractivity contribution >= 4 is 5.78 Å². The molecule has 0 amide bonds. The average Bonchev–Trinajstić information content (AvgIpc) is 2.88. The molecule has 4 nitrogen and oxygen atoms in total. The van der Waals surface area contributed by atoms with Gasteiger partial charge in [0.2, 0.25) is 0 Å². The van der Waals surface area contributed by atoms with Crippen molar-refractivity contribution in [1.82, 2.24) is 9.78 Å². The predicted molar refractivity (Wildman–Crippen MR) is 74.1 cm³/mol. The van der Waals surface area contributed by atoms with Crippen molar-refractivity contribution < 1.29 is 9.53 Å². The second-order valence-electron chi connectivity index (χ2n) is 5.32. The molecule has 0 spiro atoms. The first-order valence-electron chi connectivity index (χ1n) is 7.39. The number of Topliss-reactive ketones (excluding diaryl/α,β-unsaturated/α-hetero) is 1. The summed E-state index contributed by atoms with van der Waals surface area (Å²) in [6, 6.07) is 2.49. The minimum absolute atomic E-state index is 0.107. The first-order valence-corrected chi connectivity index (χ1v) is 7.39. The molecule has 0 radical (unpaired) electrons. The molecule has 0 aliphatic heterocycles. The molecule has 4 heteroatoms. The van der Waals surface area contributed by atoms with E-state index in [0.29, 0.717) is 19.1 Å². The lowest BCUT2D eigenvalue weighted by Crippen LogP contribution is -2.23. The number of nitrogens with zero attached hydrogens (tertiary/aromatic N) is 2. The zero-order valence-electron chi connectivity index (χ0n) is 12.0. The minimum atomic E-state index is -0.329. The third-order valence-corrected chi connectivity index (χ3v) is 3.84. The molecule has 0 saturated heterocycles. The predicted octanol–water partition coefficient (Wildman–Crippen LogP) is 2.92. The minimum Gasteiger partial charge on any atom is -0.371 e. The molecule has 1 atom stereocenters. The summed E-state index contributed by atoms with van der Waals surface area (Å²) in [5.41, 5.74) is 0.863. The van der Waals surface area contributed by atoms with Crippen molar-refractivity contribution in [3.63, 3.8) is 0 Å². The van der Waals surface area contributed by atoms with Crippen LogP contribution in [-0.4, -0.2) is 28.3 Å². The van der Waals surface area contributed by atoms with Crippen LogP contribution in [0.5, 0.6) is 0 Å². The highest BCUT2D eigenvalue weighted by Gasteiger charge is 2.18. The van der Waals surface area contributed by atoms with Gasteiger partial charge in [-0.25, -0.2) is 0 Å². The van der Waals surface area contributed by atoms with Crippen LogP contribution >= 0.6 is 0 Å². The monoisotopic (exact) mass is 264 g/mol. The van der Waals surface area contributed by atoms with Crippen molar-refractivity contribution in [3.05, 3.63) is 18.0 Å². The average molecular weight is 264 g/mol. The number of hydrogen-bond donors (Lipinski definition) is 0. The van der Waals surface area contributed by atoms with E-state index in [-0.39, 0.29) is 11.9 Å². The molecule has 0 aromatic carbocycles. The van der Waals surface area contributed by atoms with E-state index in [1.807, 2.05) is 30.8 Å². The summed E-state index contributed by atoms with van der Waals surface area (Å²) < 4.78 is 7.36. The van der Waals surface area contributed by atoms with E-state index in [2.05, 4.69) is 5.10 Å². The maximum absolute atomic E-state index is 11.9. The Hall–Kier alpha value is -1.16. The highest BCUT2D eigenvalue weighted by Crippen LogP contribution is 2.27. The number of carbonyl (C=O) groups excluding carboxylic acids is 1. The second-order valence-corrected chi connectivity index (χ2v) is 5.32. The van der Waals surface area contributed by atoms with Gasteiger partial charge in [0.05, 0.1) is 18.2 Å². The number of hydrogen-bond acceptors (Lipinski definition) is 3. The van der Waals surface area contributed by atoms with Crippen molar-refractivity contribution in [3.8, 4) is 0 Å². The molecular formula is C15H24N2O2. The number of carbonyl (C=O) groups is 1. The van der Waals surface area contributed by atoms with Gasteiger partial charge in [0.25, 0.3) is 0 Å². The molecule has 1 aromatic heterocycles. The smallest absolute Gasteiger partial charge is 0.167 e. The molecule has 1 fully saturated rings. The highest BCUT2D eigenvalue weighted by molar-refractivity contribution is 5.84. The van der Waals surface area contributed by atoms with Gasteiger partial charge in [-0.05, 0) is 32.8 Å². The van der Waals surface area contributed by atoms with Gasteiger partial charge in [-0.15, -0.1) is 0 Å². The lowest BCUT2D eigenvalue weighted by Gasteiger charge is -2.21. The fourth-order valence-electron chi connectivity index (χ4n) is 2.69. The standard InChI is InChI=1S/C15H24N2O2/c1-3-19-12(2)15(18)11-13-9-10-17(16-13)14-7-5-4-6-8-14/h9-10,12,14H,3-8,11H2,1-2H3. The van der Waals surface area contributed by atoms with Gasteiger partial charge in [0.1, 0.15) is 6.10 Å². The molecule has 0 bridgehead atoms. The van der Waals surface area contributed by atoms with E-state index in [4.69, 9.17) is 4.74 Å². The molecule has 1 aliphatic rings. The Bertz CT molecular complexity index is 408. The quantitative estimate of drug-likeness (QED) is 0.793. The van der Waals surface area contributed by atoms with E-state index >= 15 is 0 Å². The van der Waals surface area contributed by atoms with Crippen LogP contribution in [0.15, 0.2) is 12.3 Å². The van der Waals surface area contributed by atoms with Gasteiger partial charge in [-0.1, -0.05) is 19.3 Å². The second kappa shape index (κ2) is 6.85. The van der Waals surface area contributed by atoms with Crippen molar-refractivity contribution in [2.24, 2.45) is 0 Å². The SMILES string of the molecule is CCOC(C)C(=O)Cc1ccn(C2CCCCC2)n1. The van der Waals surface area contributed by atoms with Gasteiger partial charge in [-0.3, -0.25) is 9.48 Å². The summed E-state index contributed by atoms with van der Waals surface area (Å²) >= 11 is 0. The van der Waals surface area contributed by atoms with Gasteiger partial charge in [0.15, 0.2) is 5.78 Å². The van der Waals surface area contributed by atoms with E-state index in [1.54, 1.807) is 0 Å². The fraction of sp³-hybridized carbons (Fsp3) is 0.733. The molecule has 2 rings (SSSR count). The summed E-state index contributed by atoms with van der Waals surface area (Å²) in [5.74, 6) is 0.107. The van der Waals surface area contributed by atoms with Crippen LogP contribution in [0.1, 0.15) is 57.7 Å². The molecule has 1 saturated carbocycles. The number of aromatic nitrogens is 2. The van der Waals surface area contributed by atoms with Crippen LogP contribution in [0.4, 0.5) is 0 Å². The van der Waals surface area contributed by atoms with Gasteiger partial charge >= 0.3 is 0 Å². The van der Waals surface area contributed by atoms with Crippen LogP contribution in [0.2, 0.25) is 0 Å². The Morgan fingerprint density at radius 1 is 1.47 bits per heavy atom. The summed E-state index contributed by atoms with van der Waals surface area (Å²) in [4.78, 5) is 11.9. The largest absolute Gasteiger partial charge is 0.371 e. The van der Waals surface area contributed by atoms with Gasteiger partial charge < -0.3 is 4.74 Å². The Morgan fingerprint density at radius 2 is 2.21 bits per heavy atom. The van der Waals surface area contributed by atoms with Crippen LogP contribution in [0, 0.1) is 0 Å². The fourth-order valence-corrected chi connectivity index (χ4v) is 2.69. The van der Waals surface area contributed by atoms with Crippen LogP contribution < -0.4 is 0 Å². The molecule has 1 unspecified atom stereocenters. The first-order chi connectivity index (χ1) is 9.20. The lowest BCUT2D eigenvalue weighted by atomic mass is 9.96. The highest BCUT2D eigenvalue weighted by atomic mass is 16.5. The van der Waals surface area contributed by atoms with E-state index < -0.39 is 0 Å². The molecule has 19 heavy (non-hydrogen) atoms. The van der Waals surface area contributed by atoms with Crippen LogP contribution in [0.3, 0.4) is 0 Å². The van der Waals surface area contributed by atoms with Crippen molar-refractivity contribution in [2.45, 2.75) is 64.5 Å². The molecule has 1 aromatic rings.